The van der Waals surface area contributed by atoms with Crippen LogP contribution in [0.4, 0.5) is 0 Å². The summed E-state index contributed by atoms with van der Waals surface area (Å²) < 4.78 is 22.1. The van der Waals surface area contributed by atoms with E-state index in [1.54, 1.807) is 0 Å². The molecule has 1 aromatic rings. The van der Waals surface area contributed by atoms with Gasteiger partial charge in [-0.1, -0.05) is 0 Å². The molecule has 0 bridgehead atoms. The maximum absolute atomic E-state index is 9.16. The number of pyridine rings is 1. The van der Waals surface area contributed by atoms with Crippen LogP contribution in [0, 0.1) is 0 Å². The number of rotatable bonds is 1. The molecule has 0 spiro atoms. The monoisotopic (exact) mass is 138 g/mol. The molecular formula is C8H9NO. The fraction of sp³-hybridized carbons (Fsp3) is 0.375. The summed E-state index contributed by atoms with van der Waals surface area (Å²) in [6, 6.07) is -0.307. The molecule has 52 valence electrons. The quantitative estimate of drug-likeness (QED) is 0.640. The normalized spacial score (nSPS) is 21.4. The summed E-state index contributed by atoms with van der Waals surface area (Å²) >= 11 is 0. The maximum Gasteiger partial charge on any atom is 0.133 e. The van der Waals surface area contributed by atoms with Crippen LogP contribution in [-0.2, 0) is 0 Å². The third-order valence-corrected chi connectivity index (χ3v) is 1.56. The molecule has 10 heavy (non-hydrogen) atoms. The van der Waals surface area contributed by atoms with Crippen LogP contribution in [0.5, 0.6) is 5.75 Å². The van der Waals surface area contributed by atoms with E-state index in [4.69, 9.17) is 9.22 Å². The van der Waals surface area contributed by atoms with Gasteiger partial charge in [0.05, 0.1) is 10.3 Å². The number of aromatic nitrogens is 1. The van der Waals surface area contributed by atoms with E-state index in [1.165, 1.54) is 0 Å². The van der Waals surface area contributed by atoms with Crippen molar-refractivity contribution in [1.29, 1.82) is 0 Å². The van der Waals surface area contributed by atoms with Gasteiger partial charge < -0.3 is 5.11 Å². The summed E-state index contributed by atoms with van der Waals surface area (Å²) in [7, 11) is 0. The van der Waals surface area contributed by atoms with Crippen molar-refractivity contribution in [3.63, 3.8) is 0 Å². The molecule has 0 unspecified atom stereocenters. The summed E-state index contributed by atoms with van der Waals surface area (Å²) in [4.78, 5) is 3.80. The first-order chi connectivity index (χ1) is 6.11. The van der Waals surface area contributed by atoms with Gasteiger partial charge in [-0.15, -0.1) is 0 Å². The molecule has 0 atom stereocenters. The van der Waals surface area contributed by atoms with Crippen LogP contribution in [0.2, 0.25) is 0 Å². The van der Waals surface area contributed by atoms with Crippen LogP contribution in [0.1, 0.15) is 28.6 Å². The Morgan fingerprint density at radius 1 is 1.60 bits per heavy atom. The summed E-state index contributed by atoms with van der Waals surface area (Å²) in [6.07, 6.45) is 1.66. The van der Waals surface area contributed by atoms with Crippen LogP contribution in [0.15, 0.2) is 18.3 Å². The maximum atomic E-state index is 9.16. The zero-order valence-electron chi connectivity index (χ0n) is 8.39. The summed E-state index contributed by atoms with van der Waals surface area (Å²) in [6.45, 7) is 0. The second-order valence-corrected chi connectivity index (χ2v) is 2.48. The third-order valence-electron chi connectivity index (χ3n) is 1.56. The molecule has 1 N–H and O–H groups in total. The Hall–Kier alpha value is -1.05. The average molecular weight is 138 g/mol. The fourth-order valence-corrected chi connectivity index (χ4v) is 0.842. The first-order valence-electron chi connectivity index (χ1n) is 4.78. The fourth-order valence-electron chi connectivity index (χ4n) is 0.842. The zero-order chi connectivity index (χ0) is 9.59. The Balaban J connectivity index is 2.58. The lowest BCUT2D eigenvalue weighted by Crippen LogP contribution is -1.82. The molecule has 1 aliphatic rings. The van der Waals surface area contributed by atoms with Crippen molar-refractivity contribution in [1.82, 2.24) is 4.98 Å². The largest absolute Gasteiger partial charge is 0.506 e. The Kier molecular flexibility index (Phi) is 0.666. The molecule has 1 fully saturated rings. The SMILES string of the molecule is [2H]c1nc(C2CC2)c([2H])c([2H])c1O. The minimum Gasteiger partial charge on any atom is -0.506 e. The molecule has 1 saturated carbocycles. The Morgan fingerprint density at radius 3 is 3.10 bits per heavy atom. The first kappa shape index (κ1) is 3.37. The lowest BCUT2D eigenvalue weighted by atomic mass is 10.2. The number of hydrogen-bond donors (Lipinski definition) is 1. The van der Waals surface area contributed by atoms with Gasteiger partial charge in [-0.25, -0.2) is 0 Å². The zero-order valence-corrected chi connectivity index (χ0v) is 5.39. The second kappa shape index (κ2) is 1.97. The van der Waals surface area contributed by atoms with Crippen LogP contribution < -0.4 is 0 Å². The minimum absolute atomic E-state index is 0.0315. The molecule has 1 aromatic heterocycles. The van der Waals surface area contributed by atoms with Gasteiger partial charge in [-0.2, -0.15) is 0 Å². The highest BCUT2D eigenvalue weighted by Gasteiger charge is 2.24. The van der Waals surface area contributed by atoms with Crippen molar-refractivity contribution in [3.05, 3.63) is 24.0 Å². The lowest BCUT2D eigenvalue weighted by Gasteiger charge is -1.94. The summed E-state index contributed by atoms with van der Waals surface area (Å²) in [5.74, 6) is -0.254. The highest BCUT2D eigenvalue weighted by molar-refractivity contribution is 5.22. The highest BCUT2D eigenvalue weighted by Crippen LogP contribution is 2.38. The van der Waals surface area contributed by atoms with E-state index < -0.39 is 5.75 Å². The molecule has 1 aliphatic carbocycles. The van der Waals surface area contributed by atoms with Crippen molar-refractivity contribution in [3.8, 4) is 5.75 Å². The van der Waals surface area contributed by atoms with E-state index >= 15 is 0 Å². The smallest absolute Gasteiger partial charge is 0.133 e. The average Bonchev–Trinajstić information content (AvgIpc) is 2.91. The minimum atomic E-state index is -0.491. The Morgan fingerprint density at radius 2 is 2.40 bits per heavy atom. The van der Waals surface area contributed by atoms with Crippen LogP contribution in [0.25, 0.3) is 0 Å². The molecule has 0 aliphatic heterocycles. The molecule has 0 saturated heterocycles. The van der Waals surface area contributed by atoms with E-state index in [1.807, 2.05) is 0 Å². The van der Waals surface area contributed by atoms with Gasteiger partial charge in [0.2, 0.25) is 0 Å². The molecule has 2 heteroatoms. The molecule has 2 rings (SSSR count). The van der Waals surface area contributed by atoms with Crippen molar-refractivity contribution >= 4 is 0 Å². The van der Waals surface area contributed by atoms with E-state index in [0.29, 0.717) is 5.69 Å². The van der Waals surface area contributed by atoms with Crippen molar-refractivity contribution in [2.24, 2.45) is 0 Å². The van der Waals surface area contributed by atoms with Gasteiger partial charge in [-0.3, -0.25) is 4.98 Å². The topological polar surface area (TPSA) is 33.1 Å². The third kappa shape index (κ3) is 0.967. The number of hydrogen-bond acceptors (Lipinski definition) is 2. The van der Waals surface area contributed by atoms with Crippen LogP contribution >= 0.6 is 0 Å². The van der Waals surface area contributed by atoms with Gasteiger partial charge >= 0.3 is 0 Å². The highest BCUT2D eigenvalue weighted by atomic mass is 16.3. The molecule has 0 amide bonds. The van der Waals surface area contributed by atoms with E-state index in [0.717, 1.165) is 12.8 Å². The molecule has 0 aromatic carbocycles. The van der Waals surface area contributed by atoms with Gasteiger partial charge in [0.15, 0.2) is 0 Å². The first-order valence-corrected chi connectivity index (χ1v) is 3.28. The second-order valence-electron chi connectivity index (χ2n) is 2.48. The number of aromatic hydroxyl groups is 1. The standard InChI is InChI=1S/C8H9NO/c10-7-3-4-8(9-5-7)6-1-2-6/h3-6,10H,1-2H2/i3D,4D,5D. The predicted molar refractivity (Wildman–Crippen MR) is 37.9 cm³/mol. The van der Waals surface area contributed by atoms with Gasteiger partial charge in [0.25, 0.3) is 0 Å². The summed E-state index contributed by atoms with van der Waals surface area (Å²) in [5.41, 5.74) is 0.493. The number of nitrogens with zero attached hydrogens (tertiary/aromatic N) is 1. The van der Waals surface area contributed by atoms with Gasteiger partial charge in [0.1, 0.15) is 5.75 Å². The van der Waals surface area contributed by atoms with Gasteiger partial charge in [0, 0.05) is 11.6 Å². The molecule has 0 radical (unpaired) electrons. The van der Waals surface area contributed by atoms with E-state index in [-0.39, 0.29) is 24.2 Å². The Bertz CT molecular complexity index is 363. The Labute approximate surface area is 63.7 Å². The van der Waals surface area contributed by atoms with E-state index in [9.17, 15) is 0 Å². The lowest BCUT2D eigenvalue weighted by molar-refractivity contribution is 0.472. The predicted octanol–water partition coefficient (Wildman–Crippen LogP) is 1.66. The molecular weight excluding hydrogens is 126 g/mol. The molecule has 1 heterocycles. The van der Waals surface area contributed by atoms with Gasteiger partial charge in [-0.05, 0) is 24.9 Å². The van der Waals surface area contributed by atoms with Crippen molar-refractivity contribution in [2.75, 3.05) is 0 Å². The van der Waals surface area contributed by atoms with Crippen molar-refractivity contribution in [2.45, 2.75) is 18.8 Å². The van der Waals surface area contributed by atoms with Crippen molar-refractivity contribution < 1.29 is 9.22 Å². The summed E-state index contributed by atoms with van der Waals surface area (Å²) in [5, 5.41) is 9.16. The molecule has 2 nitrogen and oxygen atoms in total. The van der Waals surface area contributed by atoms with Crippen LogP contribution in [-0.4, -0.2) is 10.1 Å². The van der Waals surface area contributed by atoms with Crippen LogP contribution in [0.3, 0.4) is 0 Å². The van der Waals surface area contributed by atoms with E-state index in [2.05, 4.69) is 4.98 Å².